The van der Waals surface area contributed by atoms with E-state index in [1.807, 2.05) is 10.7 Å². The molecule has 0 N–H and O–H groups in total. The minimum absolute atomic E-state index is 0.215. The van der Waals surface area contributed by atoms with Crippen molar-refractivity contribution in [1.82, 2.24) is 9.78 Å². The van der Waals surface area contributed by atoms with Crippen LogP contribution in [0.4, 0.5) is 4.39 Å². The standard InChI is InChI=1S/C18H23FN2O/c1-12(2)15-16(13-8-5-6-9-14(13)19)20-21-11-7-10-18(3,4)22-17(15)21/h5-6,8-9,12H,7,10-11H2,1-4H3. The highest BCUT2D eigenvalue weighted by atomic mass is 19.1. The zero-order valence-corrected chi connectivity index (χ0v) is 13.7. The molecule has 2 aromatic rings. The summed E-state index contributed by atoms with van der Waals surface area (Å²) in [4.78, 5) is 0. The molecule has 3 nitrogen and oxygen atoms in total. The topological polar surface area (TPSA) is 27.1 Å². The molecule has 1 aromatic heterocycles. The summed E-state index contributed by atoms with van der Waals surface area (Å²) < 4.78 is 22.4. The molecule has 0 saturated carbocycles. The number of aryl methyl sites for hydroxylation is 1. The molecule has 1 aromatic carbocycles. The molecule has 1 aliphatic heterocycles. The van der Waals surface area contributed by atoms with E-state index in [1.54, 1.807) is 12.1 Å². The Balaban J connectivity index is 2.19. The van der Waals surface area contributed by atoms with Gasteiger partial charge in [-0.2, -0.15) is 5.10 Å². The molecule has 0 amide bonds. The number of ether oxygens (including phenoxy) is 1. The second kappa shape index (κ2) is 5.41. The van der Waals surface area contributed by atoms with Crippen molar-refractivity contribution in [3.63, 3.8) is 0 Å². The van der Waals surface area contributed by atoms with Crippen LogP contribution in [0, 0.1) is 5.82 Å². The number of benzene rings is 1. The summed E-state index contributed by atoms with van der Waals surface area (Å²) in [5.74, 6) is 0.778. The lowest BCUT2D eigenvalue weighted by Crippen LogP contribution is -2.27. The first kappa shape index (κ1) is 15.1. The predicted molar refractivity (Wildman–Crippen MR) is 85.7 cm³/mol. The van der Waals surface area contributed by atoms with E-state index in [9.17, 15) is 4.39 Å². The molecular weight excluding hydrogens is 279 g/mol. The van der Waals surface area contributed by atoms with Gasteiger partial charge in [-0.25, -0.2) is 9.07 Å². The van der Waals surface area contributed by atoms with Gasteiger partial charge >= 0.3 is 0 Å². The summed E-state index contributed by atoms with van der Waals surface area (Å²) in [7, 11) is 0. The number of hydrogen-bond acceptors (Lipinski definition) is 2. The number of nitrogens with zero attached hydrogens (tertiary/aromatic N) is 2. The van der Waals surface area contributed by atoms with Gasteiger partial charge in [-0.15, -0.1) is 0 Å². The third-order valence-electron chi connectivity index (χ3n) is 4.17. The van der Waals surface area contributed by atoms with Crippen LogP contribution in [0.5, 0.6) is 5.88 Å². The van der Waals surface area contributed by atoms with Crippen LogP contribution in [0.1, 0.15) is 52.0 Å². The van der Waals surface area contributed by atoms with Gasteiger partial charge in [0.05, 0.1) is 0 Å². The Morgan fingerprint density at radius 3 is 2.68 bits per heavy atom. The van der Waals surface area contributed by atoms with Gasteiger partial charge in [-0.3, -0.25) is 0 Å². The first-order valence-corrected chi connectivity index (χ1v) is 7.93. The zero-order valence-electron chi connectivity index (χ0n) is 13.7. The molecule has 118 valence electrons. The second-order valence-corrected chi connectivity index (χ2v) is 6.89. The monoisotopic (exact) mass is 302 g/mol. The Morgan fingerprint density at radius 1 is 1.27 bits per heavy atom. The van der Waals surface area contributed by atoms with Gasteiger partial charge in [0, 0.05) is 17.7 Å². The SMILES string of the molecule is CC(C)c1c(-c2ccccc2F)nn2c1OC(C)(C)CCC2. The fourth-order valence-corrected chi connectivity index (χ4v) is 3.06. The molecule has 0 atom stereocenters. The van der Waals surface area contributed by atoms with Crippen LogP contribution in [-0.4, -0.2) is 15.4 Å². The lowest BCUT2D eigenvalue weighted by molar-refractivity contribution is 0.0972. The van der Waals surface area contributed by atoms with E-state index in [4.69, 9.17) is 4.74 Å². The van der Waals surface area contributed by atoms with Gasteiger partial charge in [0.25, 0.3) is 0 Å². The molecule has 0 fully saturated rings. The Morgan fingerprint density at radius 2 is 2.00 bits per heavy atom. The Kier molecular flexibility index (Phi) is 3.71. The van der Waals surface area contributed by atoms with Gasteiger partial charge in [0.1, 0.15) is 17.1 Å². The lowest BCUT2D eigenvalue weighted by atomic mass is 9.98. The fraction of sp³-hybridized carbons (Fsp3) is 0.500. The summed E-state index contributed by atoms with van der Waals surface area (Å²) in [6.07, 6.45) is 2.00. The number of halogens is 1. The minimum atomic E-state index is -0.239. The fourth-order valence-electron chi connectivity index (χ4n) is 3.06. The molecular formula is C18H23FN2O. The van der Waals surface area contributed by atoms with Crippen molar-refractivity contribution in [2.24, 2.45) is 0 Å². The van der Waals surface area contributed by atoms with Gasteiger partial charge in [0.15, 0.2) is 0 Å². The Hall–Kier alpha value is -1.84. The maximum Gasteiger partial charge on any atom is 0.216 e. The Bertz CT molecular complexity index is 688. The van der Waals surface area contributed by atoms with Crippen molar-refractivity contribution < 1.29 is 9.13 Å². The third-order valence-corrected chi connectivity index (χ3v) is 4.17. The van der Waals surface area contributed by atoms with Crippen LogP contribution in [-0.2, 0) is 6.54 Å². The first-order valence-electron chi connectivity index (χ1n) is 7.93. The molecule has 0 unspecified atom stereocenters. The van der Waals surface area contributed by atoms with Gasteiger partial charge in [-0.1, -0.05) is 26.0 Å². The molecule has 0 aliphatic carbocycles. The van der Waals surface area contributed by atoms with Gasteiger partial charge in [0.2, 0.25) is 5.88 Å². The minimum Gasteiger partial charge on any atom is -0.472 e. The van der Waals surface area contributed by atoms with Crippen LogP contribution in [0.2, 0.25) is 0 Å². The molecule has 3 rings (SSSR count). The van der Waals surface area contributed by atoms with Crippen LogP contribution in [0.3, 0.4) is 0 Å². The van der Waals surface area contributed by atoms with Crippen LogP contribution < -0.4 is 4.74 Å². The molecule has 22 heavy (non-hydrogen) atoms. The van der Waals surface area contributed by atoms with Gasteiger partial charge < -0.3 is 4.74 Å². The largest absolute Gasteiger partial charge is 0.472 e. The first-order chi connectivity index (χ1) is 10.4. The van der Waals surface area contributed by atoms with Crippen molar-refractivity contribution in [2.75, 3.05) is 0 Å². The predicted octanol–water partition coefficient (Wildman–Crippen LogP) is 4.76. The Labute approximate surface area is 131 Å². The average molecular weight is 302 g/mol. The highest BCUT2D eigenvalue weighted by Gasteiger charge is 2.31. The van der Waals surface area contributed by atoms with E-state index in [2.05, 4.69) is 32.8 Å². The average Bonchev–Trinajstić information content (AvgIpc) is 2.69. The summed E-state index contributed by atoms with van der Waals surface area (Å²) in [6, 6.07) is 6.82. The summed E-state index contributed by atoms with van der Waals surface area (Å²) in [6.45, 7) is 9.21. The normalized spacial score (nSPS) is 17.0. The van der Waals surface area contributed by atoms with Crippen molar-refractivity contribution >= 4 is 0 Å². The van der Waals surface area contributed by atoms with E-state index in [0.717, 1.165) is 30.8 Å². The van der Waals surface area contributed by atoms with E-state index in [0.29, 0.717) is 11.3 Å². The van der Waals surface area contributed by atoms with E-state index in [-0.39, 0.29) is 17.3 Å². The van der Waals surface area contributed by atoms with E-state index >= 15 is 0 Å². The summed E-state index contributed by atoms with van der Waals surface area (Å²) in [5.41, 5.74) is 2.04. The highest BCUT2D eigenvalue weighted by Crippen LogP contribution is 2.40. The second-order valence-electron chi connectivity index (χ2n) is 6.89. The molecule has 0 radical (unpaired) electrons. The number of aromatic nitrogens is 2. The van der Waals surface area contributed by atoms with Crippen molar-refractivity contribution in [2.45, 2.75) is 58.6 Å². The lowest BCUT2D eigenvalue weighted by Gasteiger charge is -2.24. The highest BCUT2D eigenvalue weighted by molar-refractivity contribution is 5.67. The third kappa shape index (κ3) is 2.62. The maximum atomic E-state index is 14.2. The van der Waals surface area contributed by atoms with Crippen molar-refractivity contribution in [1.29, 1.82) is 0 Å². The number of rotatable bonds is 2. The van der Waals surface area contributed by atoms with Gasteiger partial charge in [-0.05, 0) is 44.7 Å². The molecule has 4 heteroatoms. The molecule has 2 heterocycles. The van der Waals surface area contributed by atoms with Crippen molar-refractivity contribution in [3.05, 3.63) is 35.6 Å². The molecule has 0 bridgehead atoms. The molecule has 0 saturated heterocycles. The maximum absolute atomic E-state index is 14.2. The van der Waals surface area contributed by atoms with Crippen LogP contribution in [0.25, 0.3) is 11.3 Å². The zero-order chi connectivity index (χ0) is 15.9. The van der Waals surface area contributed by atoms with Crippen LogP contribution in [0.15, 0.2) is 24.3 Å². The summed E-state index contributed by atoms with van der Waals surface area (Å²) >= 11 is 0. The van der Waals surface area contributed by atoms with E-state index < -0.39 is 0 Å². The molecule has 1 aliphatic rings. The number of fused-ring (bicyclic) bond motifs is 1. The smallest absolute Gasteiger partial charge is 0.216 e. The quantitative estimate of drug-likeness (QED) is 0.799. The van der Waals surface area contributed by atoms with Crippen LogP contribution >= 0.6 is 0 Å². The van der Waals surface area contributed by atoms with E-state index in [1.165, 1.54) is 6.07 Å². The summed E-state index contributed by atoms with van der Waals surface area (Å²) in [5, 5.41) is 4.68. The molecule has 0 spiro atoms. The number of hydrogen-bond donors (Lipinski definition) is 0. The van der Waals surface area contributed by atoms with Crippen molar-refractivity contribution in [3.8, 4) is 17.1 Å².